The van der Waals surface area contributed by atoms with Crippen LogP contribution in [0.25, 0.3) is 0 Å². The zero-order chi connectivity index (χ0) is 10.4. The lowest BCUT2D eigenvalue weighted by Crippen LogP contribution is -2.34. The lowest BCUT2D eigenvalue weighted by Gasteiger charge is -2.23. The van der Waals surface area contributed by atoms with Crippen LogP contribution in [0.4, 0.5) is 0 Å². The van der Waals surface area contributed by atoms with Gasteiger partial charge >= 0.3 is 0 Å². The fraction of sp³-hybridized carbons (Fsp3) is 0.600. The number of rotatable bonds is 6. The molecular weight excluding hydrogens is 182 g/mol. The second kappa shape index (κ2) is 5.80. The largest absolute Gasteiger partial charge is 0.467 e. The molecule has 1 unspecified atom stereocenters. The van der Waals surface area contributed by atoms with E-state index in [1.54, 1.807) is 20.5 Å². The molecule has 0 amide bonds. The average molecular weight is 199 g/mol. The lowest BCUT2D eigenvalue weighted by molar-refractivity contribution is -0.127. The third-order valence-corrected chi connectivity index (χ3v) is 2.01. The van der Waals surface area contributed by atoms with E-state index in [-0.39, 0.29) is 12.3 Å². The van der Waals surface area contributed by atoms with Gasteiger partial charge in [-0.3, -0.25) is 0 Å². The molecule has 1 aromatic heterocycles. The van der Waals surface area contributed by atoms with Crippen LogP contribution in [-0.2, 0) is 9.47 Å². The molecular formula is C10H17NO3. The monoisotopic (exact) mass is 199 g/mol. The third-order valence-electron chi connectivity index (χ3n) is 2.01. The fourth-order valence-electron chi connectivity index (χ4n) is 1.39. The van der Waals surface area contributed by atoms with Crippen LogP contribution in [-0.4, -0.2) is 27.1 Å². The van der Waals surface area contributed by atoms with Gasteiger partial charge in [0, 0.05) is 14.2 Å². The van der Waals surface area contributed by atoms with Crippen molar-refractivity contribution >= 4 is 0 Å². The minimum Gasteiger partial charge on any atom is -0.467 e. The number of ether oxygens (including phenoxy) is 2. The van der Waals surface area contributed by atoms with Gasteiger partial charge in [-0.05, 0) is 18.7 Å². The average Bonchev–Trinajstić information content (AvgIpc) is 2.71. The Morgan fingerprint density at radius 3 is 2.57 bits per heavy atom. The molecule has 0 aliphatic carbocycles. The molecule has 0 fully saturated rings. The zero-order valence-corrected chi connectivity index (χ0v) is 8.82. The van der Waals surface area contributed by atoms with Gasteiger partial charge in [-0.25, -0.2) is 0 Å². The topological polar surface area (TPSA) is 43.6 Å². The molecule has 0 saturated heterocycles. The maximum Gasteiger partial charge on any atom is 0.179 e. The molecule has 0 aliphatic heterocycles. The molecule has 0 bridgehead atoms. The Morgan fingerprint density at radius 2 is 2.14 bits per heavy atom. The van der Waals surface area contributed by atoms with Crippen LogP contribution in [0.2, 0.25) is 0 Å². The number of methoxy groups -OCH3 is 2. The molecule has 1 aromatic rings. The Balaban J connectivity index is 2.72. The summed E-state index contributed by atoms with van der Waals surface area (Å²) in [6.45, 7) is 2.85. The van der Waals surface area contributed by atoms with Crippen molar-refractivity contribution < 1.29 is 13.9 Å². The van der Waals surface area contributed by atoms with Gasteiger partial charge in [-0.15, -0.1) is 0 Å². The molecule has 4 nitrogen and oxygen atoms in total. The Labute approximate surface area is 84.2 Å². The van der Waals surface area contributed by atoms with Crippen LogP contribution in [0, 0.1) is 0 Å². The molecule has 1 heterocycles. The number of hydrogen-bond acceptors (Lipinski definition) is 4. The van der Waals surface area contributed by atoms with E-state index < -0.39 is 0 Å². The van der Waals surface area contributed by atoms with Gasteiger partial charge in [0.25, 0.3) is 0 Å². The summed E-state index contributed by atoms with van der Waals surface area (Å²) in [5, 5.41) is 3.24. The Kier molecular flexibility index (Phi) is 4.65. The van der Waals surface area contributed by atoms with Gasteiger partial charge in [-0.1, -0.05) is 6.92 Å². The highest BCUT2D eigenvalue weighted by molar-refractivity contribution is 5.05. The highest BCUT2D eigenvalue weighted by atomic mass is 16.7. The molecule has 1 rings (SSSR count). The van der Waals surface area contributed by atoms with Gasteiger partial charge in [0.05, 0.1) is 6.26 Å². The summed E-state index contributed by atoms with van der Waals surface area (Å²) in [5.74, 6) is 0.820. The molecule has 0 saturated carbocycles. The van der Waals surface area contributed by atoms with Gasteiger partial charge in [0.2, 0.25) is 0 Å². The number of furan rings is 1. The van der Waals surface area contributed by atoms with E-state index in [9.17, 15) is 0 Å². The normalized spacial score (nSPS) is 13.4. The maximum atomic E-state index is 5.31. The first-order chi connectivity index (χ1) is 6.83. The van der Waals surface area contributed by atoms with Gasteiger partial charge in [-0.2, -0.15) is 0 Å². The van der Waals surface area contributed by atoms with Crippen LogP contribution in [0.5, 0.6) is 0 Å². The quantitative estimate of drug-likeness (QED) is 0.706. The molecule has 0 radical (unpaired) electrons. The lowest BCUT2D eigenvalue weighted by atomic mass is 10.2. The van der Waals surface area contributed by atoms with Crippen molar-refractivity contribution in [2.45, 2.75) is 19.3 Å². The summed E-state index contributed by atoms with van der Waals surface area (Å²) < 4.78 is 15.7. The Hall–Kier alpha value is -0.840. The second-order valence-corrected chi connectivity index (χ2v) is 2.89. The maximum absolute atomic E-state index is 5.31. The van der Waals surface area contributed by atoms with Gasteiger partial charge in [0.15, 0.2) is 6.29 Å². The summed E-state index contributed by atoms with van der Waals surface area (Å²) in [5.41, 5.74) is 0. The van der Waals surface area contributed by atoms with E-state index in [2.05, 4.69) is 5.32 Å². The van der Waals surface area contributed by atoms with Crippen molar-refractivity contribution in [3.63, 3.8) is 0 Å². The van der Waals surface area contributed by atoms with Crippen molar-refractivity contribution in [3.8, 4) is 0 Å². The van der Waals surface area contributed by atoms with E-state index in [4.69, 9.17) is 13.9 Å². The number of likely N-dealkylation sites (N-methyl/N-ethyl adjacent to an activating group) is 1. The number of hydrogen-bond donors (Lipinski definition) is 1. The SMILES string of the molecule is CCNC(c1ccco1)C(OC)OC. The Bertz CT molecular complexity index is 232. The van der Waals surface area contributed by atoms with Crippen LogP contribution in [0.15, 0.2) is 22.8 Å². The molecule has 0 aliphatic rings. The summed E-state index contributed by atoms with van der Waals surface area (Å²) in [7, 11) is 3.23. The first-order valence-electron chi connectivity index (χ1n) is 4.65. The standard InChI is InChI=1S/C10H17NO3/c1-4-11-9(10(12-2)13-3)8-6-5-7-14-8/h5-7,9-11H,4H2,1-3H3. The summed E-state index contributed by atoms with van der Waals surface area (Å²) in [6.07, 6.45) is 1.31. The highest BCUT2D eigenvalue weighted by Gasteiger charge is 2.23. The van der Waals surface area contributed by atoms with Gasteiger partial charge < -0.3 is 19.2 Å². The van der Waals surface area contributed by atoms with Crippen LogP contribution < -0.4 is 5.32 Å². The van der Waals surface area contributed by atoms with Crippen molar-refractivity contribution in [3.05, 3.63) is 24.2 Å². The molecule has 1 atom stereocenters. The molecule has 1 N–H and O–H groups in total. The molecule has 4 heteroatoms. The second-order valence-electron chi connectivity index (χ2n) is 2.89. The summed E-state index contributed by atoms with van der Waals surface area (Å²) in [6, 6.07) is 3.69. The number of nitrogens with one attached hydrogen (secondary N) is 1. The minimum atomic E-state index is -0.332. The zero-order valence-electron chi connectivity index (χ0n) is 8.82. The first kappa shape index (κ1) is 11.2. The van der Waals surface area contributed by atoms with Gasteiger partial charge in [0.1, 0.15) is 11.8 Å². The summed E-state index contributed by atoms with van der Waals surface area (Å²) in [4.78, 5) is 0. The molecule has 14 heavy (non-hydrogen) atoms. The fourth-order valence-corrected chi connectivity index (χ4v) is 1.39. The summed E-state index contributed by atoms with van der Waals surface area (Å²) >= 11 is 0. The van der Waals surface area contributed by atoms with E-state index in [1.165, 1.54) is 0 Å². The van der Waals surface area contributed by atoms with Crippen molar-refractivity contribution in [1.29, 1.82) is 0 Å². The van der Waals surface area contributed by atoms with Crippen molar-refractivity contribution in [2.75, 3.05) is 20.8 Å². The molecule has 0 spiro atoms. The molecule has 0 aromatic carbocycles. The molecule has 80 valence electrons. The first-order valence-corrected chi connectivity index (χ1v) is 4.65. The predicted octanol–water partition coefficient (Wildman–Crippen LogP) is 1.55. The third kappa shape index (κ3) is 2.57. The van der Waals surface area contributed by atoms with Crippen LogP contribution in [0.1, 0.15) is 18.7 Å². The van der Waals surface area contributed by atoms with Crippen molar-refractivity contribution in [2.24, 2.45) is 0 Å². The smallest absolute Gasteiger partial charge is 0.179 e. The van der Waals surface area contributed by atoms with E-state index >= 15 is 0 Å². The Morgan fingerprint density at radius 1 is 1.43 bits per heavy atom. The minimum absolute atomic E-state index is 0.0648. The van der Waals surface area contributed by atoms with E-state index in [1.807, 2.05) is 19.1 Å². The van der Waals surface area contributed by atoms with Crippen molar-refractivity contribution in [1.82, 2.24) is 5.32 Å². The highest BCUT2D eigenvalue weighted by Crippen LogP contribution is 2.19. The van der Waals surface area contributed by atoms with Crippen LogP contribution >= 0.6 is 0 Å². The van der Waals surface area contributed by atoms with E-state index in [0.717, 1.165) is 12.3 Å². The van der Waals surface area contributed by atoms with E-state index in [0.29, 0.717) is 0 Å². The van der Waals surface area contributed by atoms with Crippen LogP contribution in [0.3, 0.4) is 0 Å². The predicted molar refractivity (Wildman–Crippen MR) is 52.9 cm³/mol.